The van der Waals surface area contributed by atoms with E-state index in [1.807, 2.05) is 6.26 Å². The molecule has 0 unspecified atom stereocenters. The van der Waals surface area contributed by atoms with E-state index in [0.717, 1.165) is 6.07 Å². The van der Waals surface area contributed by atoms with Gasteiger partial charge in [0.15, 0.2) is 0 Å². The van der Waals surface area contributed by atoms with Gasteiger partial charge in [-0.25, -0.2) is 17.5 Å². The maximum absolute atomic E-state index is 13.7. The van der Waals surface area contributed by atoms with Gasteiger partial charge < -0.3 is 5.11 Å². The van der Waals surface area contributed by atoms with Crippen LogP contribution in [0.25, 0.3) is 0 Å². The van der Waals surface area contributed by atoms with Crippen LogP contribution < -0.4 is 4.72 Å². The van der Waals surface area contributed by atoms with Crippen molar-refractivity contribution in [1.29, 1.82) is 0 Å². The third-order valence-corrected chi connectivity index (χ3v) is 4.38. The van der Waals surface area contributed by atoms with E-state index in [9.17, 15) is 12.8 Å². The van der Waals surface area contributed by atoms with Crippen molar-refractivity contribution in [2.75, 3.05) is 25.2 Å². The van der Waals surface area contributed by atoms with E-state index in [1.165, 1.54) is 23.9 Å². The van der Waals surface area contributed by atoms with Gasteiger partial charge in [-0.1, -0.05) is 11.8 Å². The minimum Gasteiger partial charge on any atom is -0.395 e. The second-order valence-corrected chi connectivity index (χ2v) is 6.56. The van der Waals surface area contributed by atoms with Crippen molar-refractivity contribution in [3.8, 4) is 11.8 Å². The maximum atomic E-state index is 13.7. The fraction of sp³-hybridized carbons (Fsp3) is 0.385. The number of aliphatic hydroxyl groups excluding tert-OH is 1. The minimum atomic E-state index is -3.69. The first-order valence-electron chi connectivity index (χ1n) is 5.89. The third-order valence-electron chi connectivity index (χ3n) is 2.31. The Labute approximate surface area is 122 Å². The summed E-state index contributed by atoms with van der Waals surface area (Å²) < 4.78 is 39.9. The van der Waals surface area contributed by atoms with E-state index in [1.54, 1.807) is 0 Å². The van der Waals surface area contributed by atoms with E-state index in [-0.39, 0.29) is 23.5 Å². The summed E-state index contributed by atoms with van der Waals surface area (Å²) in [5.74, 6) is 5.08. The summed E-state index contributed by atoms with van der Waals surface area (Å²) in [6.45, 7) is 0.198. The highest BCUT2D eigenvalue weighted by atomic mass is 32.2. The summed E-state index contributed by atoms with van der Waals surface area (Å²) >= 11 is 1.51. The summed E-state index contributed by atoms with van der Waals surface area (Å²) in [5.41, 5.74) is 0.113. The lowest BCUT2D eigenvalue weighted by Gasteiger charge is -2.06. The Hall–Kier alpha value is -1.07. The molecule has 0 fully saturated rings. The number of hydrogen-bond acceptors (Lipinski definition) is 4. The zero-order chi connectivity index (χ0) is 15.0. The number of hydrogen-bond donors (Lipinski definition) is 2. The smallest absolute Gasteiger partial charge is 0.240 e. The van der Waals surface area contributed by atoms with E-state index in [0.29, 0.717) is 12.3 Å². The average Bonchev–Trinajstić information content (AvgIpc) is 2.41. The van der Waals surface area contributed by atoms with Crippen molar-refractivity contribution in [3.05, 3.63) is 29.6 Å². The molecule has 0 bridgehead atoms. The van der Waals surface area contributed by atoms with E-state index < -0.39 is 15.8 Å². The van der Waals surface area contributed by atoms with Crippen LogP contribution in [0, 0.1) is 17.7 Å². The van der Waals surface area contributed by atoms with Gasteiger partial charge in [-0.15, -0.1) is 0 Å². The fourth-order valence-corrected chi connectivity index (χ4v) is 2.82. The molecule has 2 N–H and O–H groups in total. The molecule has 0 radical (unpaired) electrons. The summed E-state index contributed by atoms with van der Waals surface area (Å²) in [6.07, 6.45) is 2.11. The van der Waals surface area contributed by atoms with Crippen molar-refractivity contribution < 1.29 is 17.9 Å². The van der Waals surface area contributed by atoms with Gasteiger partial charge in [0.1, 0.15) is 5.82 Å². The minimum absolute atomic E-state index is 0.0968. The Morgan fingerprint density at radius 3 is 2.80 bits per heavy atom. The fourth-order valence-electron chi connectivity index (χ4n) is 1.34. The lowest BCUT2D eigenvalue weighted by molar-refractivity contribution is 0.305. The lowest BCUT2D eigenvalue weighted by Crippen LogP contribution is -2.26. The summed E-state index contributed by atoms with van der Waals surface area (Å²) in [4.78, 5) is -0.121. The molecule has 0 aromatic heterocycles. The van der Waals surface area contributed by atoms with Crippen LogP contribution in [0.4, 0.5) is 4.39 Å². The van der Waals surface area contributed by atoms with E-state index in [4.69, 9.17) is 5.11 Å². The molecule has 1 aromatic carbocycles. The van der Waals surface area contributed by atoms with Gasteiger partial charge in [0.25, 0.3) is 0 Å². The molecule has 0 heterocycles. The molecule has 1 rings (SSSR count). The standard InChI is InChI=1S/C13H16FNO3S2/c1-19-9-7-15-20(17,18)12-6-5-11(13(14)10-12)4-2-3-8-16/h5-6,10,15-16H,3,7-9H2,1H3. The SMILES string of the molecule is CSCCNS(=O)(=O)c1ccc(C#CCCO)c(F)c1. The first kappa shape index (κ1) is 17.0. The highest BCUT2D eigenvalue weighted by Gasteiger charge is 2.15. The second-order valence-electron chi connectivity index (χ2n) is 3.81. The van der Waals surface area contributed by atoms with E-state index in [2.05, 4.69) is 16.6 Å². The average molecular weight is 317 g/mol. The number of rotatable bonds is 6. The zero-order valence-electron chi connectivity index (χ0n) is 11.0. The molecule has 20 heavy (non-hydrogen) atoms. The highest BCUT2D eigenvalue weighted by Crippen LogP contribution is 2.14. The Kier molecular flexibility index (Phi) is 7.02. The zero-order valence-corrected chi connectivity index (χ0v) is 12.7. The molecule has 0 saturated heterocycles. The molecule has 0 spiro atoms. The Morgan fingerprint density at radius 1 is 1.45 bits per heavy atom. The predicted octanol–water partition coefficient (Wildman–Crippen LogP) is 1.20. The van der Waals surface area contributed by atoms with Crippen molar-refractivity contribution in [3.63, 3.8) is 0 Å². The van der Waals surface area contributed by atoms with Gasteiger partial charge in [0, 0.05) is 18.7 Å². The number of thioether (sulfide) groups is 1. The van der Waals surface area contributed by atoms with Crippen molar-refractivity contribution in [2.45, 2.75) is 11.3 Å². The Morgan fingerprint density at radius 2 is 2.20 bits per heavy atom. The molecular formula is C13H16FNO3S2. The van der Waals surface area contributed by atoms with Crippen LogP contribution in [0.3, 0.4) is 0 Å². The number of nitrogens with one attached hydrogen (secondary N) is 1. The molecule has 0 aliphatic rings. The topological polar surface area (TPSA) is 66.4 Å². The molecule has 0 atom stereocenters. The molecule has 0 aliphatic heterocycles. The normalized spacial score (nSPS) is 10.9. The Bertz CT molecular complexity index is 606. The van der Waals surface area contributed by atoms with Crippen LogP contribution >= 0.6 is 11.8 Å². The molecular weight excluding hydrogens is 301 g/mol. The van der Waals surface area contributed by atoms with Crippen LogP contribution in [-0.2, 0) is 10.0 Å². The van der Waals surface area contributed by atoms with Crippen LogP contribution in [-0.4, -0.2) is 38.7 Å². The molecule has 4 nitrogen and oxygen atoms in total. The number of halogens is 1. The number of aliphatic hydroxyl groups is 1. The van der Waals surface area contributed by atoms with Crippen LogP contribution in [0.2, 0.25) is 0 Å². The van der Waals surface area contributed by atoms with E-state index >= 15 is 0 Å². The summed E-state index contributed by atoms with van der Waals surface area (Å²) in [5, 5.41) is 8.58. The quantitative estimate of drug-likeness (QED) is 0.611. The molecule has 0 amide bonds. The first-order valence-corrected chi connectivity index (χ1v) is 8.77. The molecule has 1 aromatic rings. The van der Waals surface area contributed by atoms with Gasteiger partial charge in [-0.05, 0) is 24.5 Å². The number of benzene rings is 1. The lowest BCUT2D eigenvalue weighted by atomic mass is 10.2. The molecule has 7 heteroatoms. The van der Waals surface area contributed by atoms with Gasteiger partial charge >= 0.3 is 0 Å². The van der Waals surface area contributed by atoms with Gasteiger partial charge in [-0.2, -0.15) is 11.8 Å². The third kappa shape index (κ3) is 5.13. The highest BCUT2D eigenvalue weighted by molar-refractivity contribution is 7.98. The molecule has 0 saturated carbocycles. The molecule has 110 valence electrons. The summed E-state index contributed by atoms with van der Waals surface area (Å²) in [7, 11) is -3.69. The van der Waals surface area contributed by atoms with Gasteiger partial charge in [0.05, 0.1) is 17.1 Å². The van der Waals surface area contributed by atoms with Crippen molar-refractivity contribution >= 4 is 21.8 Å². The summed E-state index contributed by atoms with van der Waals surface area (Å²) in [6, 6.07) is 3.58. The predicted molar refractivity (Wildman–Crippen MR) is 78.6 cm³/mol. The largest absolute Gasteiger partial charge is 0.395 e. The van der Waals surface area contributed by atoms with Crippen molar-refractivity contribution in [2.24, 2.45) is 0 Å². The van der Waals surface area contributed by atoms with Crippen LogP contribution in [0.15, 0.2) is 23.1 Å². The van der Waals surface area contributed by atoms with Crippen molar-refractivity contribution in [1.82, 2.24) is 4.72 Å². The van der Waals surface area contributed by atoms with Gasteiger partial charge in [-0.3, -0.25) is 0 Å². The monoisotopic (exact) mass is 317 g/mol. The maximum Gasteiger partial charge on any atom is 0.240 e. The van der Waals surface area contributed by atoms with Crippen LogP contribution in [0.5, 0.6) is 0 Å². The number of sulfonamides is 1. The van der Waals surface area contributed by atoms with Gasteiger partial charge in [0.2, 0.25) is 10.0 Å². The van der Waals surface area contributed by atoms with Crippen LogP contribution in [0.1, 0.15) is 12.0 Å². The Balaban J connectivity index is 2.89. The molecule has 0 aliphatic carbocycles. The first-order chi connectivity index (χ1) is 9.51. The second kappa shape index (κ2) is 8.27.